The summed E-state index contributed by atoms with van der Waals surface area (Å²) in [6.45, 7) is 0. The fraction of sp³-hybridized carbons (Fsp3) is 0.385. The van der Waals surface area contributed by atoms with Crippen LogP contribution in [0.4, 0.5) is 13.2 Å². The van der Waals surface area contributed by atoms with E-state index in [9.17, 15) is 21.6 Å². The zero-order valence-corrected chi connectivity index (χ0v) is 14.6. The van der Waals surface area contributed by atoms with E-state index in [0.29, 0.717) is 24.3 Å². The maximum absolute atomic E-state index is 12.5. The molecule has 0 bridgehead atoms. The highest BCUT2D eigenvalue weighted by molar-refractivity contribution is 9.10. The second kappa shape index (κ2) is 6.54. The van der Waals surface area contributed by atoms with Crippen molar-refractivity contribution in [1.82, 2.24) is 0 Å². The quantitative estimate of drug-likeness (QED) is 0.659. The highest BCUT2D eigenvalue weighted by Gasteiger charge is 2.51. The lowest BCUT2D eigenvalue weighted by molar-refractivity contribution is -0.0495. The normalized spacial score (nSPS) is 20.4. The molecule has 124 valence electrons. The molecule has 0 unspecified atom stereocenters. The zero-order valence-electron chi connectivity index (χ0n) is 11.3. The number of benzene rings is 1. The van der Waals surface area contributed by atoms with E-state index < -0.39 is 25.9 Å². The van der Waals surface area contributed by atoms with Gasteiger partial charge in [-0.1, -0.05) is 38.4 Å². The molecule has 1 saturated heterocycles. The van der Waals surface area contributed by atoms with Gasteiger partial charge in [0.2, 0.25) is 0 Å². The Labute approximate surface area is 137 Å². The van der Waals surface area contributed by atoms with Crippen molar-refractivity contribution < 1.29 is 25.2 Å². The lowest BCUT2D eigenvalue weighted by Crippen LogP contribution is -2.27. The predicted octanol–water partition coefficient (Wildman–Crippen LogP) is 4.80. The molecule has 0 saturated carbocycles. The van der Waals surface area contributed by atoms with Crippen molar-refractivity contribution in [3.8, 4) is 0 Å². The van der Waals surface area contributed by atoms with Gasteiger partial charge in [0.25, 0.3) is 0 Å². The van der Waals surface area contributed by atoms with Gasteiger partial charge in [0, 0.05) is 16.0 Å². The summed E-state index contributed by atoms with van der Waals surface area (Å²) in [4.78, 5) is 0. The number of alkyl halides is 3. The van der Waals surface area contributed by atoms with Gasteiger partial charge in [0.1, 0.15) is 0 Å². The topological polar surface area (TPSA) is 43.4 Å². The first-order chi connectivity index (χ1) is 10.1. The molecule has 0 amide bonds. The molecule has 1 fully saturated rings. The van der Waals surface area contributed by atoms with Crippen molar-refractivity contribution in [2.75, 3.05) is 11.5 Å². The number of halogens is 4. The molecule has 22 heavy (non-hydrogen) atoms. The maximum atomic E-state index is 12.5. The van der Waals surface area contributed by atoms with Gasteiger partial charge < -0.3 is 0 Å². The molecule has 0 spiro atoms. The van der Waals surface area contributed by atoms with Gasteiger partial charge in [-0.2, -0.15) is 21.6 Å². The first-order valence-corrected chi connectivity index (χ1v) is 10.5. The lowest BCUT2D eigenvalue weighted by atomic mass is 10.2. The van der Waals surface area contributed by atoms with Crippen LogP contribution in [0.2, 0.25) is 0 Å². The van der Waals surface area contributed by atoms with Crippen LogP contribution in [0, 0.1) is 0 Å². The fourth-order valence-electron chi connectivity index (χ4n) is 2.02. The second-order valence-corrected chi connectivity index (χ2v) is 10.5. The van der Waals surface area contributed by atoms with Crippen molar-refractivity contribution in [3.05, 3.63) is 39.7 Å². The summed E-state index contributed by atoms with van der Waals surface area (Å²) >= 11 is 3.29. The molecule has 0 aromatic heterocycles. The van der Waals surface area contributed by atoms with Gasteiger partial charge >= 0.3 is 15.6 Å². The van der Waals surface area contributed by atoms with Crippen LogP contribution in [0.15, 0.2) is 34.1 Å². The van der Waals surface area contributed by atoms with Crippen LogP contribution in [0.5, 0.6) is 0 Å². The Morgan fingerprint density at radius 1 is 1.14 bits per heavy atom. The van der Waals surface area contributed by atoms with Crippen molar-refractivity contribution in [2.24, 2.45) is 0 Å². The molecular weight excluding hydrogens is 405 g/mol. The third kappa shape index (κ3) is 4.27. The maximum Gasteiger partial charge on any atom is 0.523 e. The summed E-state index contributed by atoms with van der Waals surface area (Å²) < 4.78 is 65.7. The minimum Gasteiger partial charge on any atom is -0.209 e. The second-order valence-electron chi connectivity index (χ2n) is 4.81. The van der Waals surface area contributed by atoms with Crippen LogP contribution >= 0.6 is 26.2 Å². The molecule has 1 aliphatic rings. The first kappa shape index (κ1) is 17.8. The van der Waals surface area contributed by atoms with E-state index in [1.54, 1.807) is 30.3 Å². The number of rotatable bonds is 4. The molecule has 0 aliphatic carbocycles. The average Bonchev–Trinajstić information content (AvgIpc) is 2.85. The van der Waals surface area contributed by atoms with E-state index in [0.717, 1.165) is 10.0 Å². The average molecular weight is 419 g/mol. The van der Waals surface area contributed by atoms with E-state index in [1.807, 2.05) is 0 Å². The highest BCUT2D eigenvalue weighted by atomic mass is 79.9. The molecule has 3 nitrogen and oxygen atoms in total. The van der Waals surface area contributed by atoms with E-state index in [4.69, 9.17) is 0 Å². The molecule has 9 heteroatoms. The van der Waals surface area contributed by atoms with Crippen LogP contribution in [-0.4, -0.2) is 25.4 Å². The van der Waals surface area contributed by atoms with E-state index >= 15 is 0 Å². The van der Waals surface area contributed by atoms with Gasteiger partial charge in [-0.25, -0.2) is 3.63 Å². The lowest BCUT2D eigenvalue weighted by Gasteiger charge is -2.30. The van der Waals surface area contributed by atoms with Crippen molar-refractivity contribution >= 4 is 42.4 Å². The van der Waals surface area contributed by atoms with E-state index in [-0.39, 0.29) is 0 Å². The third-order valence-electron chi connectivity index (χ3n) is 3.12. The molecule has 0 N–H and O–H groups in total. The van der Waals surface area contributed by atoms with Crippen LogP contribution in [0.1, 0.15) is 18.4 Å². The van der Waals surface area contributed by atoms with Gasteiger partial charge in [0.05, 0.1) is 0 Å². The Morgan fingerprint density at radius 2 is 1.68 bits per heavy atom. The van der Waals surface area contributed by atoms with Crippen LogP contribution in [-0.2, 0) is 13.7 Å². The molecule has 0 atom stereocenters. The monoisotopic (exact) mass is 418 g/mol. The zero-order chi connectivity index (χ0) is 16.4. The Morgan fingerprint density at radius 3 is 2.18 bits per heavy atom. The third-order valence-corrected chi connectivity index (χ3v) is 8.60. The molecule has 1 aromatic carbocycles. The summed E-state index contributed by atoms with van der Waals surface area (Å²) in [5.41, 5.74) is -4.61. The summed E-state index contributed by atoms with van der Waals surface area (Å²) in [6, 6.07) is 7.15. The SMILES string of the molecule is O=S(=O)(OS1(/C=C/c2ccc(Br)cc2)CCCC1)C(F)(F)F. The molecular formula is C13H14BrF3O3S2. The highest BCUT2D eigenvalue weighted by Crippen LogP contribution is 2.59. The largest absolute Gasteiger partial charge is 0.523 e. The Balaban J connectivity index is 2.24. The molecule has 2 rings (SSSR count). The van der Waals surface area contributed by atoms with Crippen LogP contribution in [0.25, 0.3) is 6.08 Å². The summed E-state index contributed by atoms with van der Waals surface area (Å²) in [5.74, 6) is 0.657. The van der Waals surface area contributed by atoms with Crippen LogP contribution in [0.3, 0.4) is 0 Å². The van der Waals surface area contributed by atoms with Gasteiger partial charge in [0.15, 0.2) is 0 Å². The smallest absolute Gasteiger partial charge is 0.209 e. The Bertz CT molecular complexity index is 648. The van der Waals surface area contributed by atoms with Gasteiger partial charge in [-0.05, 0) is 42.0 Å². The van der Waals surface area contributed by atoms with Gasteiger partial charge in [-0.3, -0.25) is 0 Å². The summed E-state index contributed by atoms with van der Waals surface area (Å²) in [7, 11) is -7.98. The number of hydrogen-bond donors (Lipinski definition) is 0. The van der Waals surface area contributed by atoms with Crippen LogP contribution < -0.4 is 0 Å². The summed E-state index contributed by atoms with van der Waals surface area (Å²) in [6.07, 6.45) is 2.94. The minimum absolute atomic E-state index is 0.329. The fourth-order valence-corrected chi connectivity index (χ4v) is 7.01. The predicted molar refractivity (Wildman–Crippen MR) is 85.8 cm³/mol. The minimum atomic E-state index is -5.57. The molecule has 0 radical (unpaired) electrons. The van der Waals surface area contributed by atoms with E-state index in [2.05, 4.69) is 19.6 Å². The first-order valence-electron chi connectivity index (χ1n) is 6.38. The van der Waals surface area contributed by atoms with E-state index in [1.165, 1.54) is 5.41 Å². The Hall–Kier alpha value is -0.510. The van der Waals surface area contributed by atoms with Gasteiger partial charge in [-0.15, -0.1) is 0 Å². The number of hydrogen-bond acceptors (Lipinski definition) is 3. The molecule has 1 heterocycles. The molecule has 1 aliphatic heterocycles. The van der Waals surface area contributed by atoms with Crippen molar-refractivity contribution in [3.63, 3.8) is 0 Å². The Kier molecular flexibility index (Phi) is 5.31. The van der Waals surface area contributed by atoms with Crippen molar-refractivity contribution in [2.45, 2.75) is 18.3 Å². The summed E-state index contributed by atoms with van der Waals surface area (Å²) in [5, 5.41) is 1.51. The van der Waals surface area contributed by atoms with Crippen molar-refractivity contribution in [1.29, 1.82) is 0 Å². The standard InChI is InChI=1S/C13H14BrF3O3S2/c14-12-5-3-11(4-6-12)7-10-21(8-1-2-9-21)20-22(18,19)13(15,16)17/h3-7,10H,1-2,8-9H2/b10-7+. The molecule has 1 aromatic rings.